The Labute approximate surface area is 179 Å². The quantitative estimate of drug-likeness (QED) is 0.505. The van der Waals surface area contributed by atoms with Gasteiger partial charge in [0.15, 0.2) is 0 Å². The molecule has 0 spiro atoms. The first kappa shape index (κ1) is 23.8. The van der Waals surface area contributed by atoms with Crippen LogP contribution in [0.15, 0.2) is 53.4 Å². The lowest BCUT2D eigenvalue weighted by Gasteiger charge is -2.18. The lowest BCUT2D eigenvalue weighted by molar-refractivity contribution is -0.123. The summed E-state index contributed by atoms with van der Waals surface area (Å²) in [5.41, 5.74) is 5.93. The van der Waals surface area contributed by atoms with Crippen LogP contribution in [0.25, 0.3) is 0 Å². The van der Waals surface area contributed by atoms with E-state index in [0.29, 0.717) is 11.3 Å². The second kappa shape index (κ2) is 11.1. The van der Waals surface area contributed by atoms with Gasteiger partial charge in [-0.05, 0) is 54.7 Å². The lowest BCUT2D eigenvalue weighted by Crippen LogP contribution is -2.52. The number of aryl methyl sites for hydroxylation is 1. The fraction of sp³-hybridized carbons (Fsp3) is 0.300. The van der Waals surface area contributed by atoms with Crippen molar-refractivity contribution in [3.05, 3.63) is 65.5 Å². The van der Waals surface area contributed by atoms with Crippen LogP contribution in [-0.4, -0.2) is 38.3 Å². The van der Waals surface area contributed by atoms with Crippen LogP contribution in [0.4, 0.5) is 4.39 Å². The highest BCUT2D eigenvalue weighted by Crippen LogP contribution is 2.15. The summed E-state index contributed by atoms with van der Waals surface area (Å²) >= 11 is 1.42. The highest BCUT2D eigenvalue weighted by atomic mass is 32.2. The van der Waals surface area contributed by atoms with Crippen LogP contribution in [0.2, 0.25) is 0 Å². The maximum atomic E-state index is 13.9. The fourth-order valence-electron chi connectivity index (χ4n) is 2.56. The number of amides is 2. The minimum atomic E-state index is -4.27. The summed E-state index contributed by atoms with van der Waals surface area (Å²) < 4.78 is 41.2. The van der Waals surface area contributed by atoms with E-state index in [9.17, 15) is 22.4 Å². The second-order valence-electron chi connectivity index (χ2n) is 6.38. The highest BCUT2D eigenvalue weighted by Gasteiger charge is 2.27. The van der Waals surface area contributed by atoms with Crippen LogP contribution in [-0.2, 0) is 21.2 Å². The number of hydrogen-bond donors (Lipinski definition) is 3. The summed E-state index contributed by atoms with van der Waals surface area (Å²) in [4.78, 5) is 24.2. The van der Waals surface area contributed by atoms with E-state index in [0.717, 1.165) is 24.1 Å². The molecule has 7 nitrogen and oxygen atoms in total. The van der Waals surface area contributed by atoms with Gasteiger partial charge in [-0.2, -0.15) is 16.5 Å². The molecule has 0 heterocycles. The Morgan fingerprint density at radius 1 is 1.07 bits per heavy atom. The van der Waals surface area contributed by atoms with Gasteiger partial charge in [0, 0.05) is 5.56 Å². The first-order valence-electron chi connectivity index (χ1n) is 9.23. The predicted molar refractivity (Wildman–Crippen MR) is 115 cm³/mol. The van der Waals surface area contributed by atoms with Crippen LogP contribution in [0.3, 0.4) is 0 Å². The van der Waals surface area contributed by atoms with Crippen molar-refractivity contribution >= 4 is 33.6 Å². The van der Waals surface area contributed by atoms with Gasteiger partial charge in [0.1, 0.15) is 16.8 Å². The topological polar surface area (TPSA) is 104 Å². The van der Waals surface area contributed by atoms with Crippen LogP contribution in [0.5, 0.6) is 0 Å². The van der Waals surface area contributed by atoms with Gasteiger partial charge in [0.25, 0.3) is 11.8 Å². The van der Waals surface area contributed by atoms with E-state index < -0.39 is 38.6 Å². The minimum absolute atomic E-state index is 0.155. The molecule has 2 rings (SSSR count). The smallest absolute Gasteiger partial charge is 0.269 e. The van der Waals surface area contributed by atoms with E-state index in [1.165, 1.54) is 23.9 Å². The number of carbonyl (C=O) groups is 2. The number of hydrogen-bond acceptors (Lipinski definition) is 5. The number of hydrazine groups is 1. The number of sulfonamides is 1. The maximum Gasteiger partial charge on any atom is 0.269 e. The fourth-order valence-corrected chi connectivity index (χ4v) is 4.34. The van der Waals surface area contributed by atoms with Gasteiger partial charge in [-0.15, -0.1) is 0 Å². The van der Waals surface area contributed by atoms with Crippen molar-refractivity contribution in [3.8, 4) is 0 Å². The molecule has 1 atom stereocenters. The van der Waals surface area contributed by atoms with E-state index >= 15 is 0 Å². The molecular formula is C20H24FN3O4S2. The summed E-state index contributed by atoms with van der Waals surface area (Å²) in [5, 5.41) is 0. The molecule has 10 heteroatoms. The van der Waals surface area contributed by atoms with Crippen LogP contribution >= 0.6 is 11.8 Å². The van der Waals surface area contributed by atoms with Gasteiger partial charge in [-0.1, -0.05) is 31.2 Å². The number of thioether (sulfide) groups is 1. The molecule has 3 N–H and O–H groups in total. The highest BCUT2D eigenvalue weighted by molar-refractivity contribution is 7.98. The molecule has 0 aliphatic carbocycles. The Morgan fingerprint density at radius 2 is 1.73 bits per heavy atom. The van der Waals surface area contributed by atoms with Gasteiger partial charge in [-0.25, -0.2) is 12.8 Å². The van der Waals surface area contributed by atoms with Crippen LogP contribution in [0.1, 0.15) is 29.3 Å². The minimum Gasteiger partial charge on any atom is -0.271 e. The molecule has 1 unspecified atom stereocenters. The Bertz CT molecular complexity index is 982. The standard InChI is InChI=1S/C20H24FN3O4S2/c1-3-14-8-10-15(11-9-14)19(25)22-23-20(26)17(12-13-29-2)24-30(27,28)18-7-5-4-6-16(18)21/h4-11,17,24H,3,12-13H2,1-2H3,(H,22,25)(H,23,26). The zero-order valence-electron chi connectivity index (χ0n) is 16.6. The van der Waals surface area contributed by atoms with Gasteiger partial charge >= 0.3 is 0 Å². The molecule has 0 saturated carbocycles. The van der Waals surface area contributed by atoms with Crippen molar-refractivity contribution < 1.29 is 22.4 Å². The number of carbonyl (C=O) groups excluding carboxylic acids is 2. The Kier molecular flexibility index (Phi) is 8.82. The van der Waals surface area contributed by atoms with Gasteiger partial charge < -0.3 is 0 Å². The normalized spacial score (nSPS) is 12.2. The molecule has 2 aromatic rings. The third-order valence-corrected chi connectivity index (χ3v) is 6.42. The van der Waals surface area contributed by atoms with Gasteiger partial charge in [0.05, 0.1) is 0 Å². The molecule has 0 fully saturated rings. The van der Waals surface area contributed by atoms with E-state index in [1.54, 1.807) is 24.3 Å². The van der Waals surface area contributed by atoms with Gasteiger partial charge in [0.2, 0.25) is 10.0 Å². The van der Waals surface area contributed by atoms with Crippen molar-refractivity contribution in [3.63, 3.8) is 0 Å². The molecule has 2 amide bonds. The molecule has 0 aliphatic rings. The van der Waals surface area contributed by atoms with Crippen molar-refractivity contribution in [2.24, 2.45) is 0 Å². The molecule has 0 saturated heterocycles. The summed E-state index contributed by atoms with van der Waals surface area (Å²) in [6.45, 7) is 1.99. The summed E-state index contributed by atoms with van der Waals surface area (Å²) in [6, 6.07) is 10.6. The zero-order valence-corrected chi connectivity index (χ0v) is 18.3. The lowest BCUT2D eigenvalue weighted by atomic mass is 10.1. The molecule has 162 valence electrons. The molecule has 30 heavy (non-hydrogen) atoms. The maximum absolute atomic E-state index is 13.9. The van der Waals surface area contributed by atoms with Crippen molar-refractivity contribution in [2.75, 3.05) is 12.0 Å². The molecule has 0 bridgehead atoms. The Hall–Kier alpha value is -2.43. The monoisotopic (exact) mass is 453 g/mol. The number of halogens is 1. The first-order chi connectivity index (χ1) is 14.3. The number of nitrogens with one attached hydrogen (secondary N) is 3. The van der Waals surface area contributed by atoms with E-state index in [-0.39, 0.29) is 6.42 Å². The summed E-state index contributed by atoms with van der Waals surface area (Å²) in [6.07, 6.45) is 2.79. The SMILES string of the molecule is CCc1ccc(C(=O)NNC(=O)C(CCSC)NS(=O)(=O)c2ccccc2F)cc1. The van der Waals surface area contributed by atoms with E-state index in [1.807, 2.05) is 13.2 Å². The summed E-state index contributed by atoms with van der Waals surface area (Å²) in [7, 11) is -4.27. The molecule has 0 radical (unpaired) electrons. The predicted octanol–water partition coefficient (Wildman–Crippen LogP) is 2.25. The van der Waals surface area contributed by atoms with Crippen LogP contribution < -0.4 is 15.6 Å². The molecular weight excluding hydrogens is 429 g/mol. The Morgan fingerprint density at radius 3 is 2.33 bits per heavy atom. The average molecular weight is 454 g/mol. The van der Waals surface area contributed by atoms with E-state index in [4.69, 9.17) is 0 Å². The third-order valence-electron chi connectivity index (χ3n) is 4.27. The summed E-state index contributed by atoms with van der Waals surface area (Å²) in [5.74, 6) is -1.73. The van der Waals surface area contributed by atoms with Gasteiger partial charge in [-0.3, -0.25) is 20.4 Å². The first-order valence-corrected chi connectivity index (χ1v) is 12.1. The van der Waals surface area contributed by atoms with Crippen LogP contribution in [0, 0.1) is 5.82 Å². The average Bonchev–Trinajstić information content (AvgIpc) is 2.74. The molecule has 0 aromatic heterocycles. The second-order valence-corrected chi connectivity index (χ2v) is 9.05. The molecule has 2 aromatic carbocycles. The number of benzene rings is 2. The van der Waals surface area contributed by atoms with E-state index in [2.05, 4.69) is 15.6 Å². The van der Waals surface area contributed by atoms with Crippen molar-refractivity contribution in [1.82, 2.24) is 15.6 Å². The Balaban J connectivity index is 2.07. The third kappa shape index (κ3) is 6.54. The van der Waals surface area contributed by atoms with Crippen molar-refractivity contribution in [2.45, 2.75) is 30.7 Å². The largest absolute Gasteiger partial charge is 0.271 e. The zero-order chi connectivity index (χ0) is 22.1. The number of rotatable bonds is 9. The van der Waals surface area contributed by atoms with Crippen molar-refractivity contribution in [1.29, 1.82) is 0 Å². The molecule has 0 aliphatic heterocycles.